The summed E-state index contributed by atoms with van der Waals surface area (Å²) in [5.74, 6) is 0.403. The van der Waals surface area contributed by atoms with E-state index in [9.17, 15) is 18.8 Å². The van der Waals surface area contributed by atoms with Crippen LogP contribution >= 0.6 is 0 Å². The molecule has 2 atom stereocenters. The zero-order valence-corrected chi connectivity index (χ0v) is 19.4. The van der Waals surface area contributed by atoms with Gasteiger partial charge in [0.05, 0.1) is 18.0 Å². The molecular formula is C28H31F2N3O. The lowest BCUT2D eigenvalue weighted by molar-refractivity contribution is -0.0529. The van der Waals surface area contributed by atoms with Gasteiger partial charge in [0.2, 0.25) is 0 Å². The molecule has 0 radical (unpaired) electrons. The highest BCUT2D eigenvalue weighted by Gasteiger charge is 2.50. The van der Waals surface area contributed by atoms with Crippen LogP contribution in [0.1, 0.15) is 60.4 Å². The van der Waals surface area contributed by atoms with Gasteiger partial charge in [-0.25, -0.2) is 8.78 Å². The largest absolute Gasteiger partial charge is 0.335 e. The van der Waals surface area contributed by atoms with Crippen LogP contribution in [0.15, 0.2) is 48.5 Å². The van der Waals surface area contributed by atoms with Crippen molar-refractivity contribution >= 4 is 5.91 Å². The first-order chi connectivity index (χ1) is 16.5. The number of rotatable bonds is 7. The predicted molar refractivity (Wildman–Crippen MR) is 126 cm³/mol. The van der Waals surface area contributed by atoms with Gasteiger partial charge in [-0.1, -0.05) is 36.8 Å². The van der Waals surface area contributed by atoms with Gasteiger partial charge in [-0.2, -0.15) is 5.26 Å². The lowest BCUT2D eigenvalue weighted by atomic mass is 9.80. The summed E-state index contributed by atoms with van der Waals surface area (Å²) >= 11 is 0. The molecule has 1 aliphatic carbocycles. The number of nitriles is 1. The Bertz CT molecular complexity index is 1050. The van der Waals surface area contributed by atoms with Crippen molar-refractivity contribution in [3.63, 3.8) is 0 Å². The van der Waals surface area contributed by atoms with E-state index >= 15 is 0 Å². The first-order valence-electron chi connectivity index (χ1n) is 12.4. The van der Waals surface area contributed by atoms with Crippen molar-refractivity contribution in [1.82, 2.24) is 9.80 Å². The predicted octanol–water partition coefficient (Wildman–Crippen LogP) is 5.37. The van der Waals surface area contributed by atoms with E-state index in [1.165, 1.54) is 24.8 Å². The van der Waals surface area contributed by atoms with Crippen LogP contribution in [0, 0.1) is 34.8 Å². The summed E-state index contributed by atoms with van der Waals surface area (Å²) in [6.45, 7) is 2.75. The van der Waals surface area contributed by atoms with Crippen LogP contribution in [0.25, 0.3) is 0 Å². The molecule has 2 heterocycles. The fraction of sp³-hybridized carbons (Fsp3) is 0.500. The number of piperidine rings is 1. The van der Waals surface area contributed by atoms with Gasteiger partial charge in [-0.05, 0) is 74.2 Å². The standard InChI is InChI=1S/C28H31F2N3O/c29-24-14-23(15-25(30)17-24)27(34)32-18-28(19-32,10-11-31)33-12-8-20(9-13-33)6-7-22-16-26(22)21-4-2-1-3-5-21/h1-5,14-15,17,20,22,26H,6-10,12-13,16,18-19H2. The number of amides is 1. The van der Waals surface area contributed by atoms with Crippen molar-refractivity contribution in [2.24, 2.45) is 11.8 Å². The fourth-order valence-electron chi connectivity index (χ4n) is 6.06. The molecule has 5 rings (SSSR count). The maximum atomic E-state index is 13.5. The number of nitrogens with zero attached hydrogens (tertiary/aromatic N) is 3. The summed E-state index contributed by atoms with van der Waals surface area (Å²) in [5.41, 5.74) is 1.16. The van der Waals surface area contributed by atoms with Gasteiger partial charge in [0.15, 0.2) is 0 Å². The number of benzene rings is 2. The SMILES string of the molecule is N#CCC1(N2CCC(CCC3CC3c3ccccc3)CC2)CN(C(=O)c2cc(F)cc(F)c2)C1. The lowest BCUT2D eigenvalue weighted by Crippen LogP contribution is -2.72. The third-order valence-electron chi connectivity index (χ3n) is 8.16. The molecule has 0 aromatic heterocycles. The third-order valence-corrected chi connectivity index (χ3v) is 8.16. The van der Waals surface area contributed by atoms with E-state index in [1.807, 2.05) is 0 Å². The fourth-order valence-corrected chi connectivity index (χ4v) is 6.06. The molecule has 178 valence electrons. The summed E-state index contributed by atoms with van der Waals surface area (Å²) in [5, 5.41) is 9.46. The molecule has 2 aromatic rings. The second kappa shape index (κ2) is 9.46. The summed E-state index contributed by atoms with van der Waals surface area (Å²) in [7, 11) is 0. The van der Waals surface area contributed by atoms with Crippen molar-refractivity contribution in [1.29, 1.82) is 5.26 Å². The van der Waals surface area contributed by atoms with Crippen LogP contribution in [0.4, 0.5) is 8.78 Å². The van der Waals surface area contributed by atoms with Gasteiger partial charge in [0, 0.05) is 24.7 Å². The molecule has 1 saturated carbocycles. The third kappa shape index (κ3) is 4.72. The first-order valence-corrected chi connectivity index (χ1v) is 12.4. The topological polar surface area (TPSA) is 47.3 Å². The van der Waals surface area contributed by atoms with Crippen LogP contribution in [-0.4, -0.2) is 47.4 Å². The minimum absolute atomic E-state index is 0.0237. The van der Waals surface area contributed by atoms with Crippen molar-refractivity contribution in [3.8, 4) is 6.07 Å². The summed E-state index contributed by atoms with van der Waals surface area (Å²) < 4.78 is 27.1. The molecule has 1 amide bonds. The van der Waals surface area contributed by atoms with Crippen LogP contribution in [0.5, 0.6) is 0 Å². The number of halogens is 2. The second-order valence-electron chi connectivity index (χ2n) is 10.4. The van der Waals surface area contributed by atoms with Crippen molar-refractivity contribution in [3.05, 3.63) is 71.3 Å². The summed E-state index contributed by atoms with van der Waals surface area (Å²) in [6, 6.07) is 16.0. The van der Waals surface area contributed by atoms with Gasteiger partial charge in [0.25, 0.3) is 5.91 Å². The quantitative estimate of drug-likeness (QED) is 0.555. The molecule has 34 heavy (non-hydrogen) atoms. The maximum absolute atomic E-state index is 13.5. The molecule has 0 N–H and O–H groups in total. The van der Waals surface area contributed by atoms with E-state index in [4.69, 9.17) is 0 Å². The average Bonchev–Trinajstić information content (AvgIpc) is 3.59. The minimum atomic E-state index is -0.754. The van der Waals surface area contributed by atoms with Crippen molar-refractivity contribution in [2.75, 3.05) is 26.2 Å². The summed E-state index contributed by atoms with van der Waals surface area (Å²) in [4.78, 5) is 16.7. The van der Waals surface area contributed by atoms with Crippen LogP contribution in [0.2, 0.25) is 0 Å². The van der Waals surface area contributed by atoms with Crippen LogP contribution in [-0.2, 0) is 0 Å². The highest BCUT2D eigenvalue weighted by atomic mass is 19.1. The highest BCUT2D eigenvalue weighted by Crippen LogP contribution is 2.51. The number of carbonyl (C=O) groups is 1. The highest BCUT2D eigenvalue weighted by molar-refractivity contribution is 5.95. The molecule has 3 aliphatic rings. The Balaban J connectivity index is 1.11. The molecule has 2 unspecified atom stereocenters. The van der Waals surface area contributed by atoms with Gasteiger partial charge in [-0.15, -0.1) is 0 Å². The molecule has 3 fully saturated rings. The number of hydrogen-bond donors (Lipinski definition) is 0. The number of hydrogen-bond acceptors (Lipinski definition) is 3. The van der Waals surface area contributed by atoms with Gasteiger partial charge in [-0.3, -0.25) is 9.69 Å². The molecular weight excluding hydrogens is 432 g/mol. The Morgan fingerprint density at radius 2 is 1.71 bits per heavy atom. The summed E-state index contributed by atoms with van der Waals surface area (Å²) in [6.07, 6.45) is 6.48. The molecule has 0 bridgehead atoms. The van der Waals surface area contributed by atoms with E-state index in [2.05, 4.69) is 41.3 Å². The molecule has 4 nitrogen and oxygen atoms in total. The molecule has 6 heteroatoms. The van der Waals surface area contributed by atoms with Crippen molar-refractivity contribution in [2.45, 2.75) is 50.0 Å². The Morgan fingerprint density at radius 1 is 1.03 bits per heavy atom. The average molecular weight is 464 g/mol. The van der Waals surface area contributed by atoms with E-state index in [0.29, 0.717) is 19.5 Å². The van der Waals surface area contributed by atoms with Gasteiger partial charge >= 0.3 is 0 Å². The second-order valence-corrected chi connectivity index (χ2v) is 10.4. The van der Waals surface area contributed by atoms with E-state index in [-0.39, 0.29) is 17.0 Å². The minimum Gasteiger partial charge on any atom is -0.335 e. The zero-order valence-electron chi connectivity index (χ0n) is 19.4. The van der Waals surface area contributed by atoms with Gasteiger partial charge in [0.1, 0.15) is 11.6 Å². The molecule has 2 saturated heterocycles. The number of likely N-dealkylation sites (tertiary alicyclic amines) is 2. The van der Waals surface area contributed by atoms with E-state index < -0.39 is 11.6 Å². The van der Waals surface area contributed by atoms with Gasteiger partial charge < -0.3 is 4.90 Å². The zero-order chi connectivity index (χ0) is 23.7. The monoisotopic (exact) mass is 463 g/mol. The van der Waals surface area contributed by atoms with Crippen molar-refractivity contribution < 1.29 is 13.6 Å². The first kappa shape index (κ1) is 23.0. The normalized spacial score (nSPS) is 24.3. The smallest absolute Gasteiger partial charge is 0.254 e. The maximum Gasteiger partial charge on any atom is 0.254 e. The Kier molecular flexibility index (Phi) is 6.40. The van der Waals surface area contributed by atoms with E-state index in [1.54, 1.807) is 4.90 Å². The molecule has 0 spiro atoms. The number of carbonyl (C=O) groups excluding carboxylic acids is 1. The lowest BCUT2D eigenvalue weighted by Gasteiger charge is -2.56. The Morgan fingerprint density at radius 3 is 2.35 bits per heavy atom. The van der Waals surface area contributed by atoms with Crippen LogP contribution < -0.4 is 0 Å². The molecule has 2 aromatic carbocycles. The Hall–Kier alpha value is -2.78. The van der Waals surface area contributed by atoms with Crippen LogP contribution in [0.3, 0.4) is 0 Å². The Labute approximate surface area is 200 Å². The molecule has 2 aliphatic heterocycles. The van der Waals surface area contributed by atoms with E-state index in [0.717, 1.165) is 61.9 Å².